The van der Waals surface area contributed by atoms with Crippen molar-refractivity contribution in [2.75, 3.05) is 50.7 Å². The first kappa shape index (κ1) is 41.0. The molecule has 2 N–H and O–H groups in total. The van der Waals surface area contributed by atoms with Crippen LogP contribution in [0.3, 0.4) is 0 Å². The Morgan fingerprint density at radius 1 is 0.982 bits per heavy atom. The van der Waals surface area contributed by atoms with Crippen molar-refractivity contribution >= 4 is 59.2 Å². The zero-order chi connectivity index (χ0) is 40.1. The zero-order valence-electron chi connectivity index (χ0n) is 32.8. The summed E-state index contributed by atoms with van der Waals surface area (Å²) in [6, 6.07) is 19.8. The van der Waals surface area contributed by atoms with E-state index in [-0.39, 0.29) is 24.1 Å². The van der Waals surface area contributed by atoms with Gasteiger partial charge >= 0.3 is 0 Å². The summed E-state index contributed by atoms with van der Waals surface area (Å²) in [4.78, 5) is 51.7. The summed E-state index contributed by atoms with van der Waals surface area (Å²) in [5.41, 5.74) is 5.46. The Kier molecular flexibility index (Phi) is 13.0. The molecule has 4 aromatic rings. The second kappa shape index (κ2) is 18.1. The van der Waals surface area contributed by atoms with E-state index >= 15 is 0 Å². The predicted molar refractivity (Wildman–Crippen MR) is 227 cm³/mol. The predicted octanol–water partition coefficient (Wildman–Crippen LogP) is 6.46. The number of nitrogens with zero attached hydrogens (tertiary/aromatic N) is 4. The number of methoxy groups -OCH3 is 1. The van der Waals surface area contributed by atoms with Gasteiger partial charge < -0.3 is 24.4 Å². The number of benzene rings is 3. The number of imide groups is 1. The number of hydrogen-bond donors (Lipinski definition) is 2. The van der Waals surface area contributed by atoms with E-state index < -0.39 is 13.2 Å². The molecule has 0 radical (unpaired) electrons. The van der Waals surface area contributed by atoms with Gasteiger partial charge in [-0.05, 0) is 87.1 Å². The highest BCUT2D eigenvalue weighted by atomic mass is 35.5. The maximum Gasteiger partial charge on any atom is 0.255 e. The quantitative estimate of drug-likeness (QED) is 0.0596. The Bertz CT molecular complexity index is 2190. The van der Waals surface area contributed by atoms with Crippen LogP contribution in [0.25, 0.3) is 0 Å². The fourth-order valence-electron chi connectivity index (χ4n) is 8.01. The molecule has 1 unspecified atom stereocenters. The van der Waals surface area contributed by atoms with Gasteiger partial charge in [-0.25, -0.2) is 9.97 Å². The second-order valence-electron chi connectivity index (χ2n) is 15.4. The zero-order valence-corrected chi connectivity index (χ0v) is 35.2. The molecular weight excluding hydrogens is 779 g/mol. The molecule has 1 aromatic heterocycles. The van der Waals surface area contributed by atoms with Gasteiger partial charge in [0.2, 0.25) is 11.8 Å². The number of amides is 3. The number of anilines is 1. The lowest BCUT2D eigenvalue weighted by atomic mass is 10.0. The van der Waals surface area contributed by atoms with E-state index in [1.165, 1.54) is 0 Å². The number of carbonyl (C=O) groups is 3. The van der Waals surface area contributed by atoms with Gasteiger partial charge in [0, 0.05) is 84.2 Å². The van der Waals surface area contributed by atoms with Crippen LogP contribution in [0.2, 0.25) is 5.02 Å². The van der Waals surface area contributed by atoms with Crippen LogP contribution in [0.5, 0.6) is 5.75 Å². The minimum absolute atomic E-state index is 0.131. The summed E-state index contributed by atoms with van der Waals surface area (Å²) in [5, 5.41) is 7.49. The van der Waals surface area contributed by atoms with Gasteiger partial charge in [0.15, 0.2) is 0 Å². The molecule has 0 saturated carbocycles. The van der Waals surface area contributed by atoms with Crippen molar-refractivity contribution in [1.29, 1.82) is 0 Å². The molecule has 3 aliphatic rings. The Morgan fingerprint density at radius 2 is 1.79 bits per heavy atom. The third-order valence-corrected chi connectivity index (χ3v) is 14.2. The van der Waals surface area contributed by atoms with Crippen molar-refractivity contribution in [3.8, 4) is 5.75 Å². The summed E-state index contributed by atoms with van der Waals surface area (Å²) >= 11 is 8.32. The first-order chi connectivity index (χ1) is 27.5. The van der Waals surface area contributed by atoms with E-state index in [2.05, 4.69) is 44.8 Å². The summed E-state index contributed by atoms with van der Waals surface area (Å²) in [6.07, 6.45) is 7.48. The molecule has 0 bridgehead atoms. The van der Waals surface area contributed by atoms with Crippen LogP contribution in [-0.4, -0.2) is 90.5 Å². The van der Waals surface area contributed by atoms with Crippen LogP contribution in [0, 0.1) is 0 Å². The van der Waals surface area contributed by atoms with E-state index in [1.807, 2.05) is 36.4 Å². The Hall–Kier alpha value is -4.22. The maximum atomic E-state index is 13.2. The highest BCUT2D eigenvalue weighted by Gasteiger charge is 2.39. The summed E-state index contributed by atoms with van der Waals surface area (Å²) in [6.45, 7) is 6.84. The third-order valence-electron chi connectivity index (χ3n) is 11.1. The second-order valence-corrected chi connectivity index (χ2v) is 20.1. The van der Waals surface area contributed by atoms with Crippen molar-refractivity contribution in [3.05, 3.63) is 106 Å². The molecular formula is C43H50ClN6O5PS. The normalized spacial score (nSPS) is 17.5. The van der Waals surface area contributed by atoms with Gasteiger partial charge in [-0.2, -0.15) is 0 Å². The minimum Gasteiger partial charge on any atom is -0.496 e. The first-order valence-corrected chi connectivity index (χ1v) is 23.6. The van der Waals surface area contributed by atoms with Crippen molar-refractivity contribution < 1.29 is 23.7 Å². The SMILES string of the molecule is COc1cc(N2CCC(NCCCCSc3cccc4c3CN(C3CCC(=O)NC3=O)C4=O)CC2)ccc1Cc1ncc(Cl)c(Cc2ccccc2P(C)(C)=O)n1. The first-order valence-electron chi connectivity index (χ1n) is 19.7. The number of carbonyl (C=O) groups excluding carboxylic acids is 3. The molecule has 3 amide bonds. The van der Waals surface area contributed by atoms with E-state index in [9.17, 15) is 18.9 Å². The number of thioether (sulfide) groups is 1. The monoisotopic (exact) mass is 828 g/mol. The minimum atomic E-state index is -2.47. The Morgan fingerprint density at radius 3 is 2.56 bits per heavy atom. The summed E-state index contributed by atoms with van der Waals surface area (Å²) in [5.74, 6) is 1.61. The molecule has 2 fully saturated rings. The molecule has 11 nitrogen and oxygen atoms in total. The standard InChI is InChI=1S/C43H50ClN6O5PS/c1-55-37-25-31(14-13-28(37)24-40-46-26-34(44)35(47-40)23-29-9-4-5-11-38(29)56(2,3)54)49-20-17-30(18-21-49)45-19-6-7-22-57-39-12-8-10-32-33(39)27-50(43(32)53)36-15-16-41(51)48-42(36)52/h4-5,8-14,25-26,30,36,45H,6-7,15-24,27H2,1-3H3,(H,48,51,52). The lowest BCUT2D eigenvalue weighted by molar-refractivity contribution is -0.136. The van der Waals surface area contributed by atoms with Gasteiger partial charge in [0.05, 0.1) is 17.8 Å². The van der Waals surface area contributed by atoms with E-state index in [0.717, 1.165) is 89.4 Å². The Balaban J connectivity index is 0.855. The summed E-state index contributed by atoms with van der Waals surface area (Å²) < 4.78 is 18.8. The number of hydrogen-bond acceptors (Lipinski definition) is 10. The van der Waals surface area contributed by atoms with Crippen LogP contribution >= 0.6 is 30.5 Å². The number of piperidine rings is 2. The molecule has 2 saturated heterocycles. The van der Waals surface area contributed by atoms with Gasteiger partial charge in [-0.3, -0.25) is 19.7 Å². The number of rotatable bonds is 15. The van der Waals surface area contributed by atoms with Crippen molar-refractivity contribution in [3.63, 3.8) is 0 Å². The fraction of sp³-hybridized carbons (Fsp3) is 0.419. The molecule has 300 valence electrons. The number of aromatic nitrogens is 2. The molecule has 7 rings (SSSR count). The van der Waals surface area contributed by atoms with Crippen molar-refractivity contribution in [1.82, 2.24) is 25.5 Å². The Labute approximate surface area is 344 Å². The smallest absolute Gasteiger partial charge is 0.255 e. The number of nitrogens with one attached hydrogen (secondary N) is 2. The summed E-state index contributed by atoms with van der Waals surface area (Å²) in [7, 11) is -0.771. The lowest BCUT2D eigenvalue weighted by Crippen LogP contribution is -2.52. The molecule has 1 atom stereocenters. The van der Waals surface area contributed by atoms with Gasteiger partial charge in [0.25, 0.3) is 5.91 Å². The molecule has 0 spiro atoms. The van der Waals surface area contributed by atoms with Crippen LogP contribution in [0.1, 0.15) is 77.1 Å². The van der Waals surface area contributed by atoms with Crippen molar-refractivity contribution in [2.45, 2.75) is 74.9 Å². The lowest BCUT2D eigenvalue weighted by Gasteiger charge is -2.34. The molecule has 14 heteroatoms. The maximum absolute atomic E-state index is 13.2. The molecule has 4 heterocycles. The third kappa shape index (κ3) is 9.74. The number of unbranched alkanes of at least 4 members (excludes halogenated alkanes) is 1. The largest absolute Gasteiger partial charge is 0.496 e. The van der Waals surface area contributed by atoms with Crippen LogP contribution in [0.15, 0.2) is 71.8 Å². The topological polar surface area (TPSA) is 134 Å². The van der Waals surface area contributed by atoms with E-state index in [4.69, 9.17) is 21.3 Å². The molecule has 57 heavy (non-hydrogen) atoms. The van der Waals surface area contributed by atoms with Crippen LogP contribution in [0.4, 0.5) is 5.69 Å². The van der Waals surface area contributed by atoms with Crippen LogP contribution < -0.4 is 25.6 Å². The molecule has 3 aromatic carbocycles. The van der Waals surface area contributed by atoms with Gasteiger partial charge in [-0.1, -0.05) is 48.0 Å². The molecule has 0 aliphatic carbocycles. The average Bonchev–Trinajstić information content (AvgIpc) is 3.53. The highest BCUT2D eigenvalue weighted by molar-refractivity contribution is 7.99. The number of fused-ring (bicyclic) bond motifs is 1. The average molecular weight is 829 g/mol. The number of halogens is 1. The highest BCUT2D eigenvalue weighted by Crippen LogP contribution is 2.37. The molecule has 3 aliphatic heterocycles. The van der Waals surface area contributed by atoms with E-state index in [0.29, 0.717) is 54.0 Å². The van der Waals surface area contributed by atoms with Gasteiger partial charge in [-0.15, -0.1) is 11.8 Å². The van der Waals surface area contributed by atoms with Crippen LogP contribution in [-0.2, 0) is 33.5 Å². The van der Waals surface area contributed by atoms with E-state index in [1.54, 1.807) is 43.3 Å². The number of ether oxygens (including phenoxy) is 1. The van der Waals surface area contributed by atoms with Crippen molar-refractivity contribution in [2.24, 2.45) is 0 Å². The van der Waals surface area contributed by atoms with Gasteiger partial charge in [0.1, 0.15) is 24.8 Å². The fourth-order valence-corrected chi connectivity index (χ4v) is 10.6.